The van der Waals surface area contributed by atoms with Crippen molar-refractivity contribution in [1.82, 2.24) is 5.32 Å². The molecule has 2 N–H and O–H groups in total. The summed E-state index contributed by atoms with van der Waals surface area (Å²) in [5.74, 6) is -1.86. The molecule has 2 aromatic rings. The minimum atomic E-state index is -1.62. The van der Waals surface area contributed by atoms with Gasteiger partial charge in [0.1, 0.15) is 5.69 Å². The largest absolute Gasteiger partial charge is 0.479 e. The molecular formula is C21H23N3O5. The molecule has 0 aromatic heterocycles. The minimum absolute atomic E-state index is 0.0506. The van der Waals surface area contributed by atoms with E-state index >= 15 is 0 Å². The van der Waals surface area contributed by atoms with Crippen molar-refractivity contribution in [3.8, 4) is 0 Å². The van der Waals surface area contributed by atoms with E-state index in [9.17, 15) is 24.8 Å². The average Bonchev–Trinajstić information content (AvgIpc) is 3.26. The lowest BCUT2D eigenvalue weighted by atomic mass is 9.87. The van der Waals surface area contributed by atoms with Crippen molar-refractivity contribution in [2.45, 2.75) is 31.7 Å². The summed E-state index contributed by atoms with van der Waals surface area (Å²) in [7, 11) is 0. The first-order valence-electron chi connectivity index (χ1n) is 9.54. The number of carboxylic acid groups (broad SMARTS) is 1. The Hall–Kier alpha value is -3.42. The average molecular weight is 397 g/mol. The predicted molar refractivity (Wildman–Crippen MR) is 108 cm³/mol. The Morgan fingerprint density at radius 1 is 1.17 bits per heavy atom. The maximum Gasteiger partial charge on any atom is 0.334 e. The minimum Gasteiger partial charge on any atom is -0.479 e. The van der Waals surface area contributed by atoms with Gasteiger partial charge in [0.15, 0.2) is 5.54 Å². The van der Waals surface area contributed by atoms with E-state index in [0.29, 0.717) is 11.3 Å². The van der Waals surface area contributed by atoms with Crippen LogP contribution in [0.3, 0.4) is 0 Å². The van der Waals surface area contributed by atoms with Gasteiger partial charge in [-0.2, -0.15) is 0 Å². The Labute approximate surface area is 168 Å². The molecule has 1 aliphatic heterocycles. The summed E-state index contributed by atoms with van der Waals surface area (Å²) in [5.41, 5.74) is -0.814. The second kappa shape index (κ2) is 8.30. The summed E-state index contributed by atoms with van der Waals surface area (Å²) in [5, 5.41) is 24.0. The van der Waals surface area contributed by atoms with Gasteiger partial charge in [0, 0.05) is 24.7 Å². The van der Waals surface area contributed by atoms with E-state index < -0.39 is 22.3 Å². The molecule has 152 valence electrons. The third kappa shape index (κ3) is 3.91. The van der Waals surface area contributed by atoms with Gasteiger partial charge in [0.05, 0.1) is 4.92 Å². The van der Waals surface area contributed by atoms with Crippen molar-refractivity contribution in [1.29, 1.82) is 0 Å². The third-order valence-corrected chi connectivity index (χ3v) is 5.37. The van der Waals surface area contributed by atoms with E-state index in [1.165, 1.54) is 12.1 Å². The summed E-state index contributed by atoms with van der Waals surface area (Å²) in [4.78, 5) is 38.0. The van der Waals surface area contributed by atoms with Crippen molar-refractivity contribution in [3.63, 3.8) is 0 Å². The lowest BCUT2D eigenvalue weighted by Crippen LogP contribution is -2.51. The van der Waals surface area contributed by atoms with Crippen molar-refractivity contribution in [3.05, 3.63) is 69.8 Å². The van der Waals surface area contributed by atoms with Gasteiger partial charge in [-0.1, -0.05) is 37.3 Å². The van der Waals surface area contributed by atoms with E-state index in [1.54, 1.807) is 43.3 Å². The van der Waals surface area contributed by atoms with E-state index in [-0.39, 0.29) is 17.7 Å². The number of aliphatic carboxylic acids is 1. The summed E-state index contributed by atoms with van der Waals surface area (Å²) in [6.45, 7) is 3.14. The molecule has 29 heavy (non-hydrogen) atoms. The molecule has 1 fully saturated rings. The maximum absolute atomic E-state index is 12.9. The number of hydrogen-bond acceptors (Lipinski definition) is 5. The van der Waals surface area contributed by atoms with Gasteiger partial charge in [-0.15, -0.1) is 0 Å². The number of nitro groups is 1. The number of hydrogen-bond donors (Lipinski definition) is 2. The molecule has 3 rings (SSSR count). The monoisotopic (exact) mass is 397 g/mol. The van der Waals surface area contributed by atoms with Gasteiger partial charge in [0.2, 0.25) is 0 Å². The number of nitrogens with zero attached hydrogens (tertiary/aromatic N) is 2. The second-order valence-electron chi connectivity index (χ2n) is 7.04. The van der Waals surface area contributed by atoms with Gasteiger partial charge >= 0.3 is 5.97 Å². The topological polar surface area (TPSA) is 113 Å². The third-order valence-electron chi connectivity index (χ3n) is 5.37. The molecule has 1 atom stereocenters. The van der Waals surface area contributed by atoms with Crippen LogP contribution in [-0.4, -0.2) is 35.0 Å². The van der Waals surface area contributed by atoms with Gasteiger partial charge in [-0.25, -0.2) is 4.79 Å². The molecule has 8 nitrogen and oxygen atoms in total. The number of rotatable bonds is 7. The molecule has 8 heteroatoms. The van der Waals surface area contributed by atoms with Crippen molar-refractivity contribution in [2.24, 2.45) is 0 Å². The molecule has 0 radical (unpaired) electrons. The van der Waals surface area contributed by atoms with Gasteiger partial charge in [-0.3, -0.25) is 14.9 Å². The molecule has 1 unspecified atom stereocenters. The second-order valence-corrected chi connectivity index (χ2v) is 7.04. The Morgan fingerprint density at radius 3 is 2.38 bits per heavy atom. The number of carbonyl (C=O) groups excluding carboxylic acids is 1. The van der Waals surface area contributed by atoms with Crippen LogP contribution < -0.4 is 10.2 Å². The predicted octanol–water partition coefficient (Wildman–Crippen LogP) is 3.31. The number of anilines is 1. The molecule has 1 amide bonds. The number of nitrogens with one attached hydrogen (secondary N) is 1. The van der Waals surface area contributed by atoms with Gasteiger partial charge in [-0.05, 0) is 37.0 Å². The van der Waals surface area contributed by atoms with Crippen LogP contribution in [-0.2, 0) is 10.3 Å². The molecule has 0 bridgehead atoms. The Balaban J connectivity index is 1.95. The van der Waals surface area contributed by atoms with Crippen LogP contribution in [0.4, 0.5) is 11.4 Å². The van der Waals surface area contributed by atoms with Crippen LogP contribution >= 0.6 is 0 Å². The summed E-state index contributed by atoms with van der Waals surface area (Å²) in [6, 6.07) is 12.7. The highest BCUT2D eigenvalue weighted by atomic mass is 16.6. The quantitative estimate of drug-likeness (QED) is 0.547. The van der Waals surface area contributed by atoms with Crippen molar-refractivity contribution < 1.29 is 19.6 Å². The summed E-state index contributed by atoms with van der Waals surface area (Å²) in [6.07, 6.45) is 2.05. The fourth-order valence-electron chi connectivity index (χ4n) is 3.72. The fraction of sp³-hybridized carbons (Fsp3) is 0.333. The van der Waals surface area contributed by atoms with Crippen LogP contribution in [0.1, 0.15) is 42.1 Å². The van der Waals surface area contributed by atoms with Gasteiger partial charge < -0.3 is 15.3 Å². The molecule has 0 saturated carbocycles. The lowest BCUT2D eigenvalue weighted by molar-refractivity contribution is -0.384. The zero-order valence-electron chi connectivity index (χ0n) is 16.1. The number of amides is 1. The standard InChI is InChI=1S/C21H23N3O5/c1-2-21(20(26)27,16-8-4-3-5-9-16)22-19(25)15-10-11-17(18(14-15)24(28)29)23-12-6-7-13-23/h3-5,8-11,14H,2,6-7,12-13H2,1H3,(H,22,25)(H,26,27). The molecule has 0 aliphatic carbocycles. The van der Waals surface area contributed by atoms with Crippen LogP contribution in [0.5, 0.6) is 0 Å². The van der Waals surface area contributed by atoms with Crippen molar-refractivity contribution in [2.75, 3.05) is 18.0 Å². The zero-order chi connectivity index (χ0) is 21.0. The van der Waals surface area contributed by atoms with Crippen LogP contribution in [0.15, 0.2) is 48.5 Å². The first-order valence-corrected chi connectivity index (χ1v) is 9.54. The molecule has 1 aliphatic rings. The highest BCUT2D eigenvalue weighted by Crippen LogP contribution is 2.32. The summed E-state index contributed by atoms with van der Waals surface area (Å²) >= 11 is 0. The molecule has 1 heterocycles. The highest BCUT2D eigenvalue weighted by Gasteiger charge is 2.40. The van der Waals surface area contributed by atoms with Crippen LogP contribution in [0, 0.1) is 10.1 Å². The SMILES string of the molecule is CCC(NC(=O)c1ccc(N2CCCC2)c([N+](=O)[O-])c1)(C(=O)O)c1ccccc1. The number of nitro benzene ring substituents is 1. The number of carboxylic acids is 1. The molecule has 1 saturated heterocycles. The maximum atomic E-state index is 12.9. The Morgan fingerprint density at radius 2 is 1.83 bits per heavy atom. The first-order chi connectivity index (χ1) is 13.9. The van der Waals surface area contributed by atoms with E-state index in [1.807, 2.05) is 4.90 Å². The smallest absolute Gasteiger partial charge is 0.334 e. The molecule has 0 spiro atoms. The van der Waals surface area contributed by atoms with Crippen LogP contribution in [0.25, 0.3) is 0 Å². The number of carbonyl (C=O) groups is 2. The lowest BCUT2D eigenvalue weighted by Gasteiger charge is -2.30. The van der Waals surface area contributed by atoms with E-state index in [2.05, 4.69) is 5.32 Å². The fourth-order valence-corrected chi connectivity index (χ4v) is 3.72. The Kier molecular flexibility index (Phi) is 5.81. The van der Waals surface area contributed by atoms with Crippen molar-refractivity contribution >= 4 is 23.3 Å². The van der Waals surface area contributed by atoms with Crippen LogP contribution in [0.2, 0.25) is 0 Å². The number of benzene rings is 2. The van der Waals surface area contributed by atoms with Gasteiger partial charge in [0.25, 0.3) is 11.6 Å². The summed E-state index contributed by atoms with van der Waals surface area (Å²) < 4.78 is 0. The molecule has 2 aromatic carbocycles. The highest BCUT2D eigenvalue weighted by molar-refractivity contribution is 5.99. The normalized spacial score (nSPS) is 15.6. The van der Waals surface area contributed by atoms with E-state index in [4.69, 9.17) is 0 Å². The zero-order valence-corrected chi connectivity index (χ0v) is 16.1. The van der Waals surface area contributed by atoms with E-state index in [0.717, 1.165) is 25.9 Å². The first kappa shape index (κ1) is 20.3. The Bertz CT molecular complexity index is 925. The molecular weight excluding hydrogens is 374 g/mol.